The second-order valence-electron chi connectivity index (χ2n) is 12.8. The summed E-state index contributed by atoms with van der Waals surface area (Å²) >= 11 is 0. The Morgan fingerprint density at radius 2 is 0.980 bits per heavy atom. The standard InChI is InChI=1S/C47H29N3O/c1-3-12-30(13-4-1)31-22-24-34(25-23-31)41-29-40(33-15-5-2-6-16-33)49-47(50-41)35-26-27-38-42(28-35)48-45(37-20-11-17-32-14-7-8-18-36(32)37)44-39-19-9-10-21-43(39)51-46(38)44/h1-29H. The van der Waals surface area contributed by atoms with E-state index >= 15 is 0 Å². The fraction of sp³-hybridized carbons (Fsp3) is 0. The van der Waals surface area contributed by atoms with E-state index in [1.807, 2.05) is 36.4 Å². The molecule has 0 amide bonds. The second-order valence-corrected chi connectivity index (χ2v) is 12.8. The summed E-state index contributed by atoms with van der Waals surface area (Å²) in [5.74, 6) is 0.638. The van der Waals surface area contributed by atoms with Gasteiger partial charge in [-0.3, -0.25) is 0 Å². The minimum atomic E-state index is 0.638. The molecule has 0 spiro atoms. The van der Waals surface area contributed by atoms with Crippen molar-refractivity contribution >= 4 is 43.6 Å². The van der Waals surface area contributed by atoms with Gasteiger partial charge in [-0.25, -0.2) is 15.0 Å². The minimum Gasteiger partial charge on any atom is -0.455 e. The van der Waals surface area contributed by atoms with Gasteiger partial charge in [0, 0.05) is 33.0 Å². The molecule has 0 bridgehead atoms. The van der Waals surface area contributed by atoms with Crippen molar-refractivity contribution in [3.63, 3.8) is 0 Å². The monoisotopic (exact) mass is 651 g/mol. The number of pyridine rings is 1. The van der Waals surface area contributed by atoms with E-state index in [2.05, 4.69) is 140 Å². The van der Waals surface area contributed by atoms with Crippen LogP contribution in [-0.4, -0.2) is 15.0 Å². The van der Waals surface area contributed by atoms with Crippen LogP contribution in [0.1, 0.15) is 0 Å². The van der Waals surface area contributed by atoms with Crippen LogP contribution in [-0.2, 0) is 0 Å². The van der Waals surface area contributed by atoms with Gasteiger partial charge in [0.15, 0.2) is 5.82 Å². The van der Waals surface area contributed by atoms with Crippen LogP contribution in [0.25, 0.3) is 99.9 Å². The molecule has 0 radical (unpaired) electrons. The Balaban J connectivity index is 1.18. The van der Waals surface area contributed by atoms with Crippen molar-refractivity contribution in [1.29, 1.82) is 0 Å². The molecule has 0 unspecified atom stereocenters. The summed E-state index contributed by atoms with van der Waals surface area (Å²) < 4.78 is 6.61. The van der Waals surface area contributed by atoms with Crippen molar-refractivity contribution < 1.29 is 4.42 Å². The van der Waals surface area contributed by atoms with Crippen LogP contribution in [0.4, 0.5) is 0 Å². The largest absolute Gasteiger partial charge is 0.455 e. The highest BCUT2D eigenvalue weighted by Crippen LogP contribution is 2.42. The molecular formula is C47H29N3O. The Morgan fingerprint density at radius 3 is 1.76 bits per heavy atom. The van der Waals surface area contributed by atoms with E-state index in [-0.39, 0.29) is 0 Å². The van der Waals surface area contributed by atoms with Crippen LogP contribution < -0.4 is 0 Å². The first kappa shape index (κ1) is 29.0. The molecule has 3 heterocycles. The number of hydrogen-bond donors (Lipinski definition) is 0. The number of nitrogens with zero attached hydrogens (tertiary/aromatic N) is 3. The maximum absolute atomic E-state index is 6.61. The van der Waals surface area contributed by atoms with Crippen LogP contribution in [0.3, 0.4) is 0 Å². The molecule has 0 saturated heterocycles. The van der Waals surface area contributed by atoms with Crippen LogP contribution in [0.5, 0.6) is 0 Å². The van der Waals surface area contributed by atoms with Gasteiger partial charge in [0.25, 0.3) is 0 Å². The summed E-state index contributed by atoms with van der Waals surface area (Å²) in [6, 6.07) is 60.7. The molecule has 4 heteroatoms. The Kier molecular flexibility index (Phi) is 6.78. The normalized spacial score (nSPS) is 11.5. The molecule has 10 rings (SSSR count). The summed E-state index contributed by atoms with van der Waals surface area (Å²) in [5, 5.41) is 5.34. The van der Waals surface area contributed by atoms with Gasteiger partial charge in [0.1, 0.15) is 11.2 Å². The highest BCUT2D eigenvalue weighted by Gasteiger charge is 2.20. The predicted molar refractivity (Wildman–Crippen MR) is 209 cm³/mol. The van der Waals surface area contributed by atoms with Gasteiger partial charge in [-0.2, -0.15) is 0 Å². The lowest BCUT2D eigenvalue weighted by Gasteiger charge is -2.12. The first-order valence-electron chi connectivity index (χ1n) is 17.1. The smallest absolute Gasteiger partial charge is 0.160 e. The Morgan fingerprint density at radius 1 is 0.392 bits per heavy atom. The Bertz CT molecular complexity index is 2890. The van der Waals surface area contributed by atoms with Crippen molar-refractivity contribution in [3.8, 4) is 56.3 Å². The average Bonchev–Trinajstić information content (AvgIpc) is 3.61. The van der Waals surface area contributed by atoms with E-state index in [0.29, 0.717) is 5.82 Å². The van der Waals surface area contributed by atoms with E-state index < -0.39 is 0 Å². The van der Waals surface area contributed by atoms with Gasteiger partial charge in [0.05, 0.1) is 28.0 Å². The summed E-state index contributed by atoms with van der Waals surface area (Å²) in [6.07, 6.45) is 0. The summed E-state index contributed by atoms with van der Waals surface area (Å²) in [4.78, 5) is 15.7. The maximum atomic E-state index is 6.61. The minimum absolute atomic E-state index is 0.638. The van der Waals surface area contributed by atoms with Crippen molar-refractivity contribution in [3.05, 3.63) is 176 Å². The molecule has 0 atom stereocenters. The van der Waals surface area contributed by atoms with Gasteiger partial charge < -0.3 is 4.42 Å². The number of aromatic nitrogens is 3. The van der Waals surface area contributed by atoms with Gasteiger partial charge in [-0.05, 0) is 46.2 Å². The van der Waals surface area contributed by atoms with E-state index in [9.17, 15) is 0 Å². The van der Waals surface area contributed by atoms with Crippen LogP contribution >= 0.6 is 0 Å². The summed E-state index contributed by atoms with van der Waals surface area (Å²) in [7, 11) is 0. The van der Waals surface area contributed by atoms with Gasteiger partial charge >= 0.3 is 0 Å². The molecule has 7 aromatic carbocycles. The Hall–Kier alpha value is -6.91. The van der Waals surface area contributed by atoms with E-state index in [0.717, 1.165) is 83.1 Å². The quantitative estimate of drug-likeness (QED) is 0.186. The number of rotatable bonds is 5. The van der Waals surface area contributed by atoms with E-state index in [4.69, 9.17) is 19.4 Å². The van der Waals surface area contributed by atoms with Crippen LogP contribution in [0, 0.1) is 0 Å². The van der Waals surface area contributed by atoms with Crippen molar-refractivity contribution in [1.82, 2.24) is 15.0 Å². The SMILES string of the molecule is c1ccc(-c2ccc(-c3cc(-c4ccccc4)nc(-c4ccc5c(c4)nc(-c4cccc6ccccc46)c4c6ccccc6oc54)n3)cc2)cc1. The number of hydrogen-bond acceptors (Lipinski definition) is 4. The molecule has 10 aromatic rings. The molecule has 0 aliphatic carbocycles. The predicted octanol–water partition coefficient (Wildman–Crippen LogP) is 12.4. The second kappa shape index (κ2) is 11.9. The molecule has 0 fully saturated rings. The number of furan rings is 1. The van der Waals surface area contributed by atoms with Crippen LogP contribution in [0.15, 0.2) is 180 Å². The average molecular weight is 652 g/mol. The fourth-order valence-electron chi connectivity index (χ4n) is 7.17. The number of para-hydroxylation sites is 1. The Labute approximate surface area is 294 Å². The fourth-order valence-corrected chi connectivity index (χ4v) is 7.17. The zero-order chi connectivity index (χ0) is 33.7. The first-order chi connectivity index (χ1) is 25.3. The third kappa shape index (κ3) is 5.04. The van der Waals surface area contributed by atoms with Gasteiger partial charge in [-0.15, -0.1) is 0 Å². The van der Waals surface area contributed by atoms with Crippen LogP contribution in [0.2, 0.25) is 0 Å². The molecule has 0 aliphatic heterocycles. The number of fused-ring (bicyclic) bond motifs is 6. The van der Waals surface area contributed by atoms with E-state index in [1.165, 1.54) is 10.9 Å². The summed E-state index contributed by atoms with van der Waals surface area (Å²) in [5.41, 5.74) is 11.5. The third-order valence-electron chi connectivity index (χ3n) is 9.69. The molecule has 3 aromatic heterocycles. The van der Waals surface area contributed by atoms with Crippen molar-refractivity contribution in [2.24, 2.45) is 0 Å². The molecular weight excluding hydrogens is 623 g/mol. The first-order valence-corrected chi connectivity index (χ1v) is 17.1. The third-order valence-corrected chi connectivity index (χ3v) is 9.69. The molecule has 0 aliphatic rings. The molecule has 51 heavy (non-hydrogen) atoms. The van der Waals surface area contributed by atoms with E-state index in [1.54, 1.807) is 0 Å². The lowest BCUT2D eigenvalue weighted by molar-refractivity contribution is 0.672. The van der Waals surface area contributed by atoms with Gasteiger partial charge in [0.2, 0.25) is 0 Å². The zero-order valence-corrected chi connectivity index (χ0v) is 27.5. The zero-order valence-electron chi connectivity index (χ0n) is 27.5. The molecule has 238 valence electrons. The molecule has 0 saturated carbocycles. The highest BCUT2D eigenvalue weighted by atomic mass is 16.3. The lowest BCUT2D eigenvalue weighted by Crippen LogP contribution is -1.96. The topological polar surface area (TPSA) is 51.8 Å². The molecule has 4 nitrogen and oxygen atoms in total. The lowest BCUT2D eigenvalue weighted by atomic mass is 9.97. The van der Waals surface area contributed by atoms with Crippen molar-refractivity contribution in [2.45, 2.75) is 0 Å². The van der Waals surface area contributed by atoms with Crippen molar-refractivity contribution in [2.75, 3.05) is 0 Å². The summed E-state index contributed by atoms with van der Waals surface area (Å²) in [6.45, 7) is 0. The molecule has 0 N–H and O–H groups in total. The number of benzene rings is 7. The maximum Gasteiger partial charge on any atom is 0.160 e. The van der Waals surface area contributed by atoms with Gasteiger partial charge in [-0.1, -0.05) is 152 Å². The highest BCUT2D eigenvalue weighted by molar-refractivity contribution is 6.21.